The minimum atomic E-state index is -0.114. The Kier molecular flexibility index (Phi) is 7.54. The normalized spacial score (nSPS) is 16.5. The highest BCUT2D eigenvalue weighted by Crippen LogP contribution is 2.32. The number of carbonyl (C=O) groups is 1. The van der Waals surface area contributed by atoms with E-state index < -0.39 is 0 Å². The van der Waals surface area contributed by atoms with Crippen LogP contribution in [0.3, 0.4) is 0 Å². The van der Waals surface area contributed by atoms with Gasteiger partial charge in [-0.05, 0) is 44.0 Å². The van der Waals surface area contributed by atoms with E-state index in [1.54, 1.807) is 10.7 Å². The maximum Gasteiger partial charge on any atom is 0.256 e. The maximum absolute atomic E-state index is 13.4. The number of anilines is 1. The molecule has 1 aliphatic heterocycles. The van der Waals surface area contributed by atoms with Gasteiger partial charge < -0.3 is 19.7 Å². The van der Waals surface area contributed by atoms with E-state index in [2.05, 4.69) is 86.4 Å². The number of nitrogens with zero attached hydrogens (tertiary/aromatic N) is 8. The molecule has 7 rings (SSSR count). The summed E-state index contributed by atoms with van der Waals surface area (Å²) in [6.07, 6.45) is 8.89. The lowest BCUT2D eigenvalue weighted by Gasteiger charge is -2.32. The van der Waals surface area contributed by atoms with Crippen LogP contribution in [0, 0.1) is 0 Å². The average Bonchev–Trinajstić information content (AvgIpc) is 3.60. The van der Waals surface area contributed by atoms with E-state index >= 15 is 0 Å². The number of benzene rings is 1. The van der Waals surface area contributed by atoms with Gasteiger partial charge in [-0.2, -0.15) is 9.61 Å². The van der Waals surface area contributed by atoms with Gasteiger partial charge in [-0.25, -0.2) is 9.97 Å². The van der Waals surface area contributed by atoms with Crippen molar-refractivity contribution in [2.75, 3.05) is 51.7 Å². The summed E-state index contributed by atoms with van der Waals surface area (Å²) in [5.74, 6) is 0.756. The van der Waals surface area contributed by atoms with Gasteiger partial charge in [0.25, 0.3) is 5.91 Å². The molecule has 222 valence electrons. The number of likely N-dealkylation sites (N-methyl/N-ethyl adjacent to an activating group) is 1. The van der Waals surface area contributed by atoms with Crippen molar-refractivity contribution in [2.45, 2.75) is 38.4 Å². The predicted molar refractivity (Wildman–Crippen MR) is 169 cm³/mol. The van der Waals surface area contributed by atoms with E-state index in [0.29, 0.717) is 17.8 Å². The van der Waals surface area contributed by atoms with Gasteiger partial charge in [-0.1, -0.05) is 30.3 Å². The van der Waals surface area contributed by atoms with Crippen molar-refractivity contribution in [1.29, 1.82) is 0 Å². The van der Waals surface area contributed by atoms with Crippen LogP contribution in [0.5, 0.6) is 0 Å². The van der Waals surface area contributed by atoms with Gasteiger partial charge in [0.15, 0.2) is 5.65 Å². The molecule has 0 spiro atoms. The molecular weight excluding hydrogens is 538 g/mol. The number of amides is 1. The van der Waals surface area contributed by atoms with Gasteiger partial charge in [0.05, 0.1) is 11.9 Å². The Balaban J connectivity index is 1.29. The standard InChI is InChI=1S/C33H39N9O/c1-38-14-16-40(17-15-38)18-19-41-23-28(26-12-7-13-34-31(26)41)29-20-30(39(2)22-24-8-4-3-5-9-24)42-32(37-29)27(21-35-42)33(43)36-25-10-6-11-25/h3-5,7-9,12-13,20-21,23,25H,6,10-11,14-19,22H2,1-2H3,(H,36,43). The molecule has 43 heavy (non-hydrogen) atoms. The van der Waals surface area contributed by atoms with E-state index in [4.69, 9.17) is 9.97 Å². The van der Waals surface area contributed by atoms with Crippen LogP contribution in [-0.2, 0) is 13.1 Å². The molecule has 1 N–H and O–H groups in total. The van der Waals surface area contributed by atoms with Crippen molar-refractivity contribution >= 4 is 28.4 Å². The molecule has 10 nitrogen and oxygen atoms in total. The lowest BCUT2D eigenvalue weighted by molar-refractivity contribution is 0.0918. The molecule has 5 heterocycles. The summed E-state index contributed by atoms with van der Waals surface area (Å²) < 4.78 is 4.05. The smallest absolute Gasteiger partial charge is 0.256 e. The zero-order chi connectivity index (χ0) is 29.3. The van der Waals surface area contributed by atoms with Crippen LogP contribution in [0.25, 0.3) is 27.9 Å². The average molecular weight is 578 g/mol. The van der Waals surface area contributed by atoms with Crippen LogP contribution >= 0.6 is 0 Å². The summed E-state index contributed by atoms with van der Waals surface area (Å²) in [4.78, 5) is 30.3. The highest BCUT2D eigenvalue weighted by Gasteiger charge is 2.25. The number of aromatic nitrogens is 5. The van der Waals surface area contributed by atoms with Gasteiger partial charge >= 0.3 is 0 Å². The molecule has 1 aliphatic carbocycles. The predicted octanol–water partition coefficient (Wildman–Crippen LogP) is 3.91. The van der Waals surface area contributed by atoms with Gasteiger partial charge in [0, 0.05) is 88.3 Å². The van der Waals surface area contributed by atoms with Crippen molar-refractivity contribution in [1.82, 2.24) is 39.3 Å². The summed E-state index contributed by atoms with van der Waals surface area (Å²) in [6.45, 7) is 6.87. The molecule has 1 aromatic carbocycles. The largest absolute Gasteiger partial charge is 0.355 e. The Morgan fingerprint density at radius 2 is 1.84 bits per heavy atom. The third-order valence-electron chi connectivity index (χ3n) is 8.95. The van der Waals surface area contributed by atoms with E-state index in [1.807, 2.05) is 18.3 Å². The minimum Gasteiger partial charge on any atom is -0.355 e. The molecule has 5 aromatic rings. The lowest BCUT2D eigenvalue weighted by Crippen LogP contribution is -2.45. The Morgan fingerprint density at radius 3 is 2.60 bits per heavy atom. The number of rotatable bonds is 9. The highest BCUT2D eigenvalue weighted by molar-refractivity contribution is 6.01. The first-order valence-corrected chi connectivity index (χ1v) is 15.3. The first kappa shape index (κ1) is 27.5. The number of hydrogen-bond donors (Lipinski definition) is 1. The Hall–Kier alpha value is -4.28. The Bertz CT molecular complexity index is 1730. The molecule has 0 bridgehead atoms. The maximum atomic E-state index is 13.4. The highest BCUT2D eigenvalue weighted by atomic mass is 16.1. The van der Waals surface area contributed by atoms with Gasteiger partial charge in [-0.15, -0.1) is 0 Å². The second kappa shape index (κ2) is 11.8. The van der Waals surface area contributed by atoms with Gasteiger partial charge in [0.2, 0.25) is 0 Å². The molecule has 1 saturated heterocycles. The van der Waals surface area contributed by atoms with Gasteiger partial charge in [0.1, 0.15) is 17.0 Å². The number of nitrogens with one attached hydrogen (secondary N) is 1. The van der Waals surface area contributed by atoms with Crippen molar-refractivity contribution in [3.8, 4) is 11.3 Å². The zero-order valence-corrected chi connectivity index (χ0v) is 25.0. The van der Waals surface area contributed by atoms with E-state index in [9.17, 15) is 4.79 Å². The third kappa shape index (κ3) is 5.60. The molecule has 2 aliphatic rings. The second-order valence-corrected chi connectivity index (χ2v) is 12.0. The molecule has 2 fully saturated rings. The summed E-state index contributed by atoms with van der Waals surface area (Å²) in [5.41, 5.74) is 5.01. The van der Waals surface area contributed by atoms with Crippen molar-refractivity contribution in [2.24, 2.45) is 0 Å². The van der Waals surface area contributed by atoms with Crippen LogP contribution in [0.2, 0.25) is 0 Å². The topological polar surface area (TPSA) is 86.8 Å². The first-order chi connectivity index (χ1) is 21.0. The Labute approximate surface area is 251 Å². The molecule has 0 unspecified atom stereocenters. The monoisotopic (exact) mass is 577 g/mol. The second-order valence-electron chi connectivity index (χ2n) is 12.0. The van der Waals surface area contributed by atoms with Gasteiger partial charge in [-0.3, -0.25) is 9.69 Å². The van der Waals surface area contributed by atoms with Crippen LogP contribution < -0.4 is 10.2 Å². The fourth-order valence-corrected chi connectivity index (χ4v) is 6.09. The minimum absolute atomic E-state index is 0.114. The molecule has 0 radical (unpaired) electrons. The van der Waals surface area contributed by atoms with E-state index in [-0.39, 0.29) is 11.9 Å². The fourth-order valence-electron chi connectivity index (χ4n) is 6.09. The summed E-state index contributed by atoms with van der Waals surface area (Å²) in [7, 11) is 4.24. The quantitative estimate of drug-likeness (QED) is 0.284. The third-order valence-corrected chi connectivity index (χ3v) is 8.95. The van der Waals surface area contributed by atoms with Crippen molar-refractivity contribution in [3.05, 3.63) is 78.2 Å². The van der Waals surface area contributed by atoms with E-state index in [1.165, 1.54) is 5.56 Å². The van der Waals surface area contributed by atoms with Crippen molar-refractivity contribution in [3.63, 3.8) is 0 Å². The van der Waals surface area contributed by atoms with Crippen LogP contribution in [0.15, 0.2) is 67.1 Å². The number of pyridine rings is 1. The first-order valence-electron chi connectivity index (χ1n) is 15.3. The zero-order valence-electron chi connectivity index (χ0n) is 25.0. The summed E-state index contributed by atoms with van der Waals surface area (Å²) >= 11 is 0. The Morgan fingerprint density at radius 1 is 1.02 bits per heavy atom. The number of carbonyl (C=O) groups excluding carboxylic acids is 1. The van der Waals surface area contributed by atoms with Crippen LogP contribution in [0.4, 0.5) is 5.82 Å². The molecule has 1 saturated carbocycles. The molecule has 10 heteroatoms. The van der Waals surface area contributed by atoms with Crippen LogP contribution in [0.1, 0.15) is 35.2 Å². The lowest BCUT2D eigenvalue weighted by atomic mass is 9.93. The summed E-state index contributed by atoms with van der Waals surface area (Å²) in [6, 6.07) is 16.8. The number of fused-ring (bicyclic) bond motifs is 2. The van der Waals surface area contributed by atoms with Crippen LogP contribution in [-0.4, -0.2) is 92.7 Å². The molecule has 1 amide bonds. The molecule has 4 aromatic heterocycles. The number of piperazine rings is 1. The van der Waals surface area contributed by atoms with Crippen molar-refractivity contribution < 1.29 is 4.79 Å². The molecule has 0 atom stereocenters. The molecular formula is C33H39N9O. The SMILES string of the molecule is CN1CCN(CCn2cc(-c3cc(N(C)Cc4ccccc4)n4ncc(C(=O)NC5CCC5)c4n3)c3cccnc32)CC1. The van der Waals surface area contributed by atoms with E-state index in [0.717, 1.165) is 86.6 Å². The summed E-state index contributed by atoms with van der Waals surface area (Å²) in [5, 5.41) is 8.89. The number of hydrogen-bond acceptors (Lipinski definition) is 7. The fraction of sp³-hybridized carbons (Fsp3) is 0.394.